The van der Waals surface area contributed by atoms with Crippen LogP contribution in [0.4, 0.5) is 5.69 Å². The van der Waals surface area contributed by atoms with Gasteiger partial charge in [-0.1, -0.05) is 31.5 Å². The fourth-order valence-electron chi connectivity index (χ4n) is 2.86. The Morgan fingerprint density at radius 3 is 2.78 bits per heavy atom. The van der Waals surface area contributed by atoms with Crippen LogP contribution in [0.25, 0.3) is 11.0 Å². The second-order valence-electron chi connectivity index (χ2n) is 6.35. The summed E-state index contributed by atoms with van der Waals surface area (Å²) in [6.07, 6.45) is 1.80. The van der Waals surface area contributed by atoms with E-state index in [1.54, 1.807) is 24.3 Å². The molecule has 1 N–H and O–H groups in total. The van der Waals surface area contributed by atoms with Crippen molar-refractivity contribution < 1.29 is 14.3 Å². The van der Waals surface area contributed by atoms with Gasteiger partial charge in [-0.3, -0.25) is 4.79 Å². The van der Waals surface area contributed by atoms with Crippen molar-refractivity contribution in [2.45, 2.75) is 33.2 Å². The van der Waals surface area contributed by atoms with Crippen LogP contribution in [-0.2, 0) is 16.1 Å². The van der Waals surface area contributed by atoms with Gasteiger partial charge in [0.1, 0.15) is 12.4 Å². The molecule has 0 aliphatic carbocycles. The molecule has 3 aromatic rings. The molecular weight excluding hydrogens is 342 g/mol. The molecule has 1 heterocycles. The molecule has 0 aliphatic rings. The molecule has 6 heteroatoms. The van der Waals surface area contributed by atoms with E-state index in [2.05, 4.69) is 10.3 Å². The van der Waals surface area contributed by atoms with Gasteiger partial charge in [-0.25, -0.2) is 9.78 Å². The van der Waals surface area contributed by atoms with Gasteiger partial charge < -0.3 is 14.6 Å². The van der Waals surface area contributed by atoms with E-state index in [4.69, 9.17) is 4.74 Å². The lowest BCUT2D eigenvalue weighted by molar-refractivity contribution is -0.116. The third kappa shape index (κ3) is 4.53. The van der Waals surface area contributed by atoms with Crippen molar-refractivity contribution in [3.8, 4) is 0 Å². The number of esters is 1. The minimum Gasteiger partial charge on any atom is -0.462 e. The molecule has 2 aromatic carbocycles. The summed E-state index contributed by atoms with van der Waals surface area (Å²) in [4.78, 5) is 29.0. The van der Waals surface area contributed by atoms with Crippen LogP contribution < -0.4 is 5.32 Å². The minimum atomic E-state index is -0.379. The summed E-state index contributed by atoms with van der Waals surface area (Å²) in [5, 5.41) is 2.84. The average Bonchev–Trinajstić information content (AvgIpc) is 2.97. The number of nitrogens with one attached hydrogen (secondary N) is 1. The monoisotopic (exact) mass is 365 g/mol. The summed E-state index contributed by atoms with van der Waals surface area (Å²) in [6, 6.07) is 14.5. The molecule has 0 bridgehead atoms. The number of nitrogens with zero attached hydrogens (tertiary/aromatic N) is 2. The van der Waals surface area contributed by atoms with Crippen molar-refractivity contribution in [2.24, 2.45) is 0 Å². The topological polar surface area (TPSA) is 73.2 Å². The number of hydrogen-bond acceptors (Lipinski definition) is 4. The van der Waals surface area contributed by atoms with Gasteiger partial charge in [-0.15, -0.1) is 0 Å². The zero-order chi connectivity index (χ0) is 19.2. The molecule has 27 heavy (non-hydrogen) atoms. The first-order valence-electron chi connectivity index (χ1n) is 9.07. The first-order valence-corrected chi connectivity index (χ1v) is 9.07. The number of ether oxygens (including phenoxy) is 1. The molecule has 0 fully saturated rings. The van der Waals surface area contributed by atoms with Crippen LogP contribution in [0.2, 0.25) is 0 Å². The third-order valence-corrected chi connectivity index (χ3v) is 4.26. The minimum absolute atomic E-state index is 0.150. The highest BCUT2D eigenvalue weighted by molar-refractivity contribution is 5.95. The summed E-state index contributed by atoms with van der Waals surface area (Å²) in [5.74, 6) is 0.216. The molecule has 0 spiro atoms. The van der Waals surface area contributed by atoms with Crippen molar-refractivity contribution >= 4 is 28.6 Å². The summed E-state index contributed by atoms with van der Waals surface area (Å²) < 4.78 is 7.08. The third-order valence-electron chi connectivity index (χ3n) is 4.26. The van der Waals surface area contributed by atoms with E-state index in [9.17, 15) is 9.59 Å². The molecule has 0 saturated heterocycles. The Labute approximate surface area is 158 Å². The number of aryl methyl sites for hydroxylation is 1. The quantitative estimate of drug-likeness (QED) is 0.508. The summed E-state index contributed by atoms with van der Waals surface area (Å²) in [5.41, 5.74) is 2.76. The molecule has 0 radical (unpaired) electrons. The fourth-order valence-corrected chi connectivity index (χ4v) is 2.86. The smallest absolute Gasteiger partial charge is 0.338 e. The number of rotatable bonds is 7. The Morgan fingerprint density at radius 2 is 1.96 bits per heavy atom. The summed E-state index contributed by atoms with van der Waals surface area (Å²) >= 11 is 0. The number of carbonyl (C=O) groups excluding carboxylic acids is 2. The van der Waals surface area contributed by atoms with Crippen LogP contribution in [0.3, 0.4) is 0 Å². The Bertz CT molecular complexity index is 962. The lowest BCUT2D eigenvalue weighted by Crippen LogP contribution is -2.19. The zero-order valence-corrected chi connectivity index (χ0v) is 15.6. The zero-order valence-electron chi connectivity index (χ0n) is 15.6. The standard InChI is InChI=1S/C21H23N3O3/c1-3-4-12-27-21(26)16-8-7-9-17(13-16)23-20(25)14-24-15(2)22-18-10-5-6-11-19(18)24/h5-11,13H,3-4,12,14H2,1-2H3,(H,23,25). The van der Waals surface area contributed by atoms with Crippen molar-refractivity contribution in [2.75, 3.05) is 11.9 Å². The Balaban J connectivity index is 1.68. The van der Waals surface area contributed by atoms with Crippen molar-refractivity contribution in [1.82, 2.24) is 9.55 Å². The number of hydrogen-bond donors (Lipinski definition) is 1. The lowest BCUT2D eigenvalue weighted by atomic mass is 10.2. The highest BCUT2D eigenvalue weighted by Crippen LogP contribution is 2.16. The molecule has 1 aromatic heterocycles. The maximum absolute atomic E-state index is 12.5. The molecule has 0 atom stereocenters. The van der Waals surface area contributed by atoms with Gasteiger partial charge >= 0.3 is 5.97 Å². The lowest BCUT2D eigenvalue weighted by Gasteiger charge is -2.10. The predicted molar refractivity (Wildman–Crippen MR) is 105 cm³/mol. The van der Waals surface area contributed by atoms with E-state index in [0.717, 1.165) is 29.7 Å². The Hall–Kier alpha value is -3.15. The van der Waals surface area contributed by atoms with Crippen LogP contribution in [0.5, 0.6) is 0 Å². The summed E-state index contributed by atoms with van der Waals surface area (Å²) in [6.45, 7) is 4.46. The second-order valence-corrected chi connectivity index (χ2v) is 6.35. The first kappa shape index (κ1) is 18.6. The molecule has 0 unspecified atom stereocenters. The van der Waals surface area contributed by atoms with Gasteiger partial charge in [0, 0.05) is 5.69 Å². The molecule has 0 aliphatic heterocycles. The Morgan fingerprint density at radius 1 is 1.15 bits per heavy atom. The highest BCUT2D eigenvalue weighted by atomic mass is 16.5. The Kier molecular flexibility index (Phi) is 5.86. The molecule has 6 nitrogen and oxygen atoms in total. The van der Waals surface area contributed by atoms with E-state index < -0.39 is 0 Å². The van der Waals surface area contributed by atoms with Crippen LogP contribution in [0.1, 0.15) is 35.9 Å². The number of imidazole rings is 1. The SMILES string of the molecule is CCCCOC(=O)c1cccc(NC(=O)Cn2c(C)nc3ccccc32)c1. The second kappa shape index (κ2) is 8.49. The van der Waals surface area contributed by atoms with E-state index in [1.807, 2.05) is 42.7 Å². The average molecular weight is 365 g/mol. The van der Waals surface area contributed by atoms with Crippen LogP contribution in [0.15, 0.2) is 48.5 Å². The molecular formula is C21H23N3O3. The number of unbranched alkanes of at least 4 members (excludes halogenated alkanes) is 1. The number of aromatic nitrogens is 2. The van der Waals surface area contributed by atoms with Crippen LogP contribution >= 0.6 is 0 Å². The van der Waals surface area contributed by atoms with Gasteiger partial charge in [-0.2, -0.15) is 0 Å². The number of carbonyl (C=O) groups is 2. The van der Waals surface area contributed by atoms with Crippen molar-refractivity contribution in [1.29, 1.82) is 0 Å². The van der Waals surface area contributed by atoms with Gasteiger partial charge in [-0.05, 0) is 43.7 Å². The largest absolute Gasteiger partial charge is 0.462 e. The number of anilines is 1. The maximum atomic E-state index is 12.5. The molecule has 0 saturated carbocycles. The highest BCUT2D eigenvalue weighted by Gasteiger charge is 2.12. The van der Waals surface area contributed by atoms with Gasteiger partial charge in [0.2, 0.25) is 5.91 Å². The van der Waals surface area contributed by atoms with Crippen LogP contribution in [-0.4, -0.2) is 28.0 Å². The number of para-hydroxylation sites is 2. The van der Waals surface area contributed by atoms with Gasteiger partial charge in [0.05, 0.1) is 23.2 Å². The van der Waals surface area contributed by atoms with Crippen LogP contribution in [0, 0.1) is 6.92 Å². The van der Waals surface area contributed by atoms with Gasteiger partial charge in [0.25, 0.3) is 0 Å². The predicted octanol–water partition coefficient (Wildman–Crippen LogP) is 3.94. The maximum Gasteiger partial charge on any atom is 0.338 e. The van der Waals surface area contributed by atoms with E-state index in [-0.39, 0.29) is 18.4 Å². The fraction of sp³-hybridized carbons (Fsp3) is 0.286. The number of benzene rings is 2. The summed E-state index contributed by atoms with van der Waals surface area (Å²) in [7, 11) is 0. The normalized spacial score (nSPS) is 10.7. The van der Waals surface area contributed by atoms with E-state index in [0.29, 0.717) is 17.9 Å². The molecule has 1 amide bonds. The number of fused-ring (bicyclic) bond motifs is 1. The number of amides is 1. The van der Waals surface area contributed by atoms with Gasteiger partial charge in [0.15, 0.2) is 0 Å². The van der Waals surface area contributed by atoms with Crippen molar-refractivity contribution in [3.63, 3.8) is 0 Å². The first-order chi connectivity index (χ1) is 13.1. The van der Waals surface area contributed by atoms with E-state index in [1.165, 1.54) is 0 Å². The molecule has 3 rings (SSSR count). The molecule has 140 valence electrons. The van der Waals surface area contributed by atoms with Crippen molar-refractivity contribution in [3.05, 3.63) is 59.9 Å². The van der Waals surface area contributed by atoms with E-state index >= 15 is 0 Å².